The third-order valence-electron chi connectivity index (χ3n) is 3.90. The summed E-state index contributed by atoms with van der Waals surface area (Å²) in [5.41, 5.74) is 6.76. The van der Waals surface area contributed by atoms with Crippen LogP contribution in [0.3, 0.4) is 0 Å². The maximum absolute atomic E-state index is 11.3. The van der Waals surface area contributed by atoms with Crippen molar-refractivity contribution >= 4 is 11.5 Å². The summed E-state index contributed by atoms with van der Waals surface area (Å²) in [6.07, 6.45) is 5.60. The number of anilines is 1. The van der Waals surface area contributed by atoms with Crippen molar-refractivity contribution in [1.82, 2.24) is 9.78 Å². The van der Waals surface area contributed by atoms with Crippen molar-refractivity contribution < 1.29 is 4.92 Å². The first-order valence-corrected chi connectivity index (χ1v) is 7.27. The average Bonchev–Trinajstić information content (AvgIpc) is 2.69. The minimum absolute atomic E-state index is 0.0490. The van der Waals surface area contributed by atoms with Crippen molar-refractivity contribution in [3.8, 4) is 0 Å². The molecule has 0 saturated heterocycles. The summed E-state index contributed by atoms with van der Waals surface area (Å²) in [5.74, 6) is 0.487. The molecule has 1 aliphatic rings. The second-order valence-electron chi connectivity index (χ2n) is 5.47. The van der Waals surface area contributed by atoms with Crippen molar-refractivity contribution in [2.24, 2.45) is 12.8 Å². The number of nitrogens with zero attached hydrogens (tertiary/aromatic N) is 3. The van der Waals surface area contributed by atoms with Crippen molar-refractivity contribution in [3.05, 3.63) is 15.8 Å². The van der Waals surface area contributed by atoms with E-state index in [0.717, 1.165) is 32.1 Å². The minimum Gasteiger partial charge on any atom is -0.360 e. The molecular weight excluding hydrogens is 258 g/mol. The van der Waals surface area contributed by atoms with Gasteiger partial charge in [-0.15, -0.1) is 0 Å². The molecule has 2 rings (SSSR count). The van der Waals surface area contributed by atoms with E-state index in [2.05, 4.69) is 10.4 Å². The number of aryl methyl sites for hydroxylation is 2. The molecule has 2 atom stereocenters. The Labute approximate surface area is 118 Å². The first-order valence-electron chi connectivity index (χ1n) is 7.27. The Hall–Kier alpha value is -1.63. The van der Waals surface area contributed by atoms with Crippen LogP contribution in [0.5, 0.6) is 0 Å². The molecule has 1 fully saturated rings. The number of hydrogen-bond donors (Lipinski definition) is 2. The Balaban J connectivity index is 2.27. The van der Waals surface area contributed by atoms with Gasteiger partial charge >= 0.3 is 5.69 Å². The third kappa shape index (κ3) is 2.92. The highest BCUT2D eigenvalue weighted by molar-refractivity contribution is 5.60. The zero-order valence-corrected chi connectivity index (χ0v) is 12.1. The van der Waals surface area contributed by atoms with Gasteiger partial charge in [0.1, 0.15) is 5.69 Å². The van der Waals surface area contributed by atoms with Crippen molar-refractivity contribution in [3.63, 3.8) is 0 Å². The third-order valence-corrected chi connectivity index (χ3v) is 3.90. The molecule has 0 amide bonds. The molecule has 0 bridgehead atoms. The molecule has 20 heavy (non-hydrogen) atoms. The Morgan fingerprint density at radius 2 is 2.20 bits per heavy atom. The molecule has 7 nitrogen and oxygen atoms in total. The fourth-order valence-electron chi connectivity index (χ4n) is 2.84. The quantitative estimate of drug-likeness (QED) is 0.635. The summed E-state index contributed by atoms with van der Waals surface area (Å²) in [6.45, 7) is 1.99. The van der Waals surface area contributed by atoms with Crippen LogP contribution in [0, 0.1) is 10.1 Å². The van der Waals surface area contributed by atoms with Crippen LogP contribution in [0.15, 0.2) is 0 Å². The van der Waals surface area contributed by atoms with Gasteiger partial charge in [-0.2, -0.15) is 5.10 Å². The maximum Gasteiger partial charge on any atom is 0.334 e. The van der Waals surface area contributed by atoms with Gasteiger partial charge in [-0.05, 0) is 19.3 Å². The van der Waals surface area contributed by atoms with Crippen LogP contribution in [0.25, 0.3) is 0 Å². The number of nitrogens with two attached hydrogens (primary N) is 1. The van der Waals surface area contributed by atoms with Crippen molar-refractivity contribution in [2.45, 2.75) is 57.5 Å². The van der Waals surface area contributed by atoms with E-state index in [0.29, 0.717) is 17.9 Å². The highest BCUT2D eigenvalue weighted by Crippen LogP contribution is 2.31. The molecular formula is C13H23N5O2. The molecule has 1 aromatic heterocycles. The summed E-state index contributed by atoms with van der Waals surface area (Å²) in [5, 5.41) is 18.9. The molecule has 2 unspecified atom stereocenters. The summed E-state index contributed by atoms with van der Waals surface area (Å²) >= 11 is 0. The van der Waals surface area contributed by atoms with Crippen LogP contribution in [0.2, 0.25) is 0 Å². The second-order valence-corrected chi connectivity index (χ2v) is 5.47. The Bertz CT molecular complexity index is 485. The van der Waals surface area contributed by atoms with Gasteiger partial charge in [0.25, 0.3) is 0 Å². The standard InChI is InChI=1S/C13H23N5O2/c1-3-6-11-12(18(19)20)13(17(2)16-11)15-10-8-5-4-7-9(10)14/h9-10,15H,3-8,14H2,1-2H3. The molecule has 1 aliphatic carbocycles. The molecule has 0 radical (unpaired) electrons. The Morgan fingerprint density at radius 1 is 1.50 bits per heavy atom. The monoisotopic (exact) mass is 281 g/mol. The topological polar surface area (TPSA) is 99.0 Å². The molecule has 3 N–H and O–H groups in total. The summed E-state index contributed by atoms with van der Waals surface area (Å²) in [6, 6.07) is 0.139. The van der Waals surface area contributed by atoms with Crippen LogP contribution in [0.1, 0.15) is 44.7 Å². The van der Waals surface area contributed by atoms with E-state index in [4.69, 9.17) is 5.73 Å². The Kier molecular flexibility index (Phi) is 4.59. The largest absolute Gasteiger partial charge is 0.360 e. The van der Waals surface area contributed by atoms with Crippen LogP contribution in [-0.4, -0.2) is 26.8 Å². The first-order chi connectivity index (χ1) is 9.54. The lowest BCUT2D eigenvalue weighted by Crippen LogP contribution is -2.43. The number of rotatable bonds is 5. The predicted molar refractivity (Wildman–Crippen MR) is 77.7 cm³/mol. The van der Waals surface area contributed by atoms with E-state index >= 15 is 0 Å². The molecule has 0 spiro atoms. The Morgan fingerprint density at radius 3 is 2.80 bits per heavy atom. The molecule has 1 heterocycles. The highest BCUT2D eigenvalue weighted by Gasteiger charge is 2.30. The second kappa shape index (κ2) is 6.21. The van der Waals surface area contributed by atoms with E-state index in [1.165, 1.54) is 0 Å². The van der Waals surface area contributed by atoms with Gasteiger partial charge in [-0.25, -0.2) is 4.68 Å². The zero-order valence-electron chi connectivity index (χ0n) is 12.1. The number of hydrogen-bond acceptors (Lipinski definition) is 5. The van der Waals surface area contributed by atoms with Gasteiger partial charge in [-0.1, -0.05) is 26.2 Å². The van der Waals surface area contributed by atoms with Gasteiger partial charge in [0.2, 0.25) is 5.82 Å². The van der Waals surface area contributed by atoms with Crippen LogP contribution < -0.4 is 11.1 Å². The van der Waals surface area contributed by atoms with Gasteiger partial charge in [-0.3, -0.25) is 10.1 Å². The molecule has 0 aliphatic heterocycles. The van der Waals surface area contributed by atoms with E-state index in [9.17, 15) is 10.1 Å². The van der Waals surface area contributed by atoms with Gasteiger partial charge in [0.05, 0.1) is 4.92 Å². The molecule has 1 aromatic rings. The summed E-state index contributed by atoms with van der Waals surface area (Å²) in [7, 11) is 1.74. The van der Waals surface area contributed by atoms with E-state index in [-0.39, 0.29) is 22.7 Å². The smallest absolute Gasteiger partial charge is 0.334 e. The lowest BCUT2D eigenvalue weighted by molar-refractivity contribution is -0.384. The average molecular weight is 281 g/mol. The van der Waals surface area contributed by atoms with Crippen LogP contribution >= 0.6 is 0 Å². The van der Waals surface area contributed by atoms with Crippen LogP contribution in [-0.2, 0) is 13.5 Å². The number of nitro groups is 1. The maximum atomic E-state index is 11.3. The lowest BCUT2D eigenvalue weighted by atomic mass is 9.91. The highest BCUT2D eigenvalue weighted by atomic mass is 16.6. The van der Waals surface area contributed by atoms with E-state index in [1.807, 2.05) is 6.92 Å². The van der Waals surface area contributed by atoms with Gasteiger partial charge in [0, 0.05) is 19.1 Å². The fourth-order valence-corrected chi connectivity index (χ4v) is 2.84. The predicted octanol–water partition coefficient (Wildman–Crippen LogP) is 1.96. The first kappa shape index (κ1) is 14.8. The van der Waals surface area contributed by atoms with Crippen molar-refractivity contribution in [2.75, 3.05) is 5.32 Å². The van der Waals surface area contributed by atoms with E-state index < -0.39 is 0 Å². The molecule has 7 heteroatoms. The lowest BCUT2D eigenvalue weighted by Gasteiger charge is -2.29. The minimum atomic E-state index is -0.339. The normalized spacial score (nSPS) is 22.8. The van der Waals surface area contributed by atoms with Crippen molar-refractivity contribution in [1.29, 1.82) is 0 Å². The molecule has 112 valence electrons. The summed E-state index contributed by atoms with van der Waals surface area (Å²) in [4.78, 5) is 11.0. The zero-order chi connectivity index (χ0) is 14.7. The van der Waals surface area contributed by atoms with Gasteiger partial charge in [0.15, 0.2) is 0 Å². The van der Waals surface area contributed by atoms with Crippen LogP contribution in [0.4, 0.5) is 11.5 Å². The molecule has 0 aromatic carbocycles. The van der Waals surface area contributed by atoms with E-state index in [1.54, 1.807) is 11.7 Å². The summed E-state index contributed by atoms with van der Waals surface area (Å²) < 4.78 is 1.57. The molecule has 1 saturated carbocycles. The van der Waals surface area contributed by atoms with Gasteiger partial charge < -0.3 is 11.1 Å². The number of aromatic nitrogens is 2. The fraction of sp³-hybridized carbons (Fsp3) is 0.769. The SMILES string of the molecule is CCCc1nn(C)c(NC2CCCCC2N)c1[N+](=O)[O-]. The number of nitrogens with one attached hydrogen (secondary N) is 1.